The standard InChI is InChI=1S/C20H22N2Si/c1-23(2,3)15-12-16-8-10-17(11-9-16)20(18-6-4-13-21-18)19-7-5-14-22-19/h4-11,13-14,20-22H,1-3H3. The molecule has 0 aliphatic carbocycles. The van der Waals surface area contributed by atoms with Gasteiger partial charge < -0.3 is 9.97 Å². The van der Waals surface area contributed by atoms with Gasteiger partial charge in [-0.2, -0.15) is 0 Å². The third-order valence-electron chi connectivity index (χ3n) is 3.69. The predicted molar refractivity (Wildman–Crippen MR) is 99.2 cm³/mol. The average molecular weight is 318 g/mol. The minimum atomic E-state index is -1.33. The highest BCUT2D eigenvalue weighted by Crippen LogP contribution is 2.29. The number of aromatic nitrogens is 2. The molecule has 0 unspecified atom stereocenters. The Bertz CT molecular complexity index is 761. The van der Waals surface area contributed by atoms with E-state index in [0.717, 1.165) is 5.56 Å². The van der Waals surface area contributed by atoms with E-state index >= 15 is 0 Å². The molecule has 2 aromatic heterocycles. The van der Waals surface area contributed by atoms with E-state index in [4.69, 9.17) is 0 Å². The molecule has 0 bridgehead atoms. The van der Waals surface area contributed by atoms with Crippen LogP contribution in [0, 0.1) is 11.5 Å². The van der Waals surface area contributed by atoms with Crippen molar-refractivity contribution in [1.82, 2.24) is 9.97 Å². The summed E-state index contributed by atoms with van der Waals surface area (Å²) in [5.41, 5.74) is 8.14. The maximum Gasteiger partial charge on any atom is 0.129 e. The molecule has 0 aliphatic rings. The number of aromatic amines is 2. The Labute approximate surface area is 139 Å². The minimum absolute atomic E-state index is 0.194. The maximum absolute atomic E-state index is 3.42. The van der Waals surface area contributed by atoms with Crippen LogP contribution in [0.2, 0.25) is 19.6 Å². The molecule has 116 valence electrons. The van der Waals surface area contributed by atoms with Crippen LogP contribution < -0.4 is 0 Å². The molecule has 0 saturated carbocycles. The predicted octanol–water partition coefficient (Wildman–Crippen LogP) is 4.75. The topological polar surface area (TPSA) is 31.6 Å². The lowest BCUT2D eigenvalue weighted by atomic mass is 9.92. The fraction of sp³-hybridized carbons (Fsp3) is 0.200. The van der Waals surface area contributed by atoms with Crippen molar-refractivity contribution in [3.05, 3.63) is 83.4 Å². The summed E-state index contributed by atoms with van der Waals surface area (Å²) in [5.74, 6) is 3.51. The molecule has 2 nitrogen and oxygen atoms in total. The van der Waals surface area contributed by atoms with E-state index in [9.17, 15) is 0 Å². The second-order valence-electron chi connectivity index (χ2n) is 6.81. The number of rotatable bonds is 3. The maximum atomic E-state index is 3.42. The highest BCUT2D eigenvalue weighted by molar-refractivity contribution is 6.83. The van der Waals surface area contributed by atoms with Crippen molar-refractivity contribution in [3.8, 4) is 11.5 Å². The summed E-state index contributed by atoms with van der Waals surface area (Å²) < 4.78 is 0. The molecule has 0 atom stereocenters. The Morgan fingerprint density at radius 3 is 1.83 bits per heavy atom. The van der Waals surface area contributed by atoms with Crippen molar-refractivity contribution in [2.75, 3.05) is 0 Å². The van der Waals surface area contributed by atoms with Crippen LogP contribution in [0.15, 0.2) is 60.9 Å². The molecule has 0 aliphatic heterocycles. The Hall–Kier alpha value is -2.44. The van der Waals surface area contributed by atoms with Crippen LogP contribution in [0.4, 0.5) is 0 Å². The second kappa shape index (κ2) is 6.35. The van der Waals surface area contributed by atoms with Crippen molar-refractivity contribution in [1.29, 1.82) is 0 Å². The zero-order chi connectivity index (χ0) is 16.3. The molecule has 2 heterocycles. The quantitative estimate of drug-likeness (QED) is 0.516. The molecule has 0 spiro atoms. The van der Waals surface area contributed by atoms with Crippen LogP contribution in [0.3, 0.4) is 0 Å². The van der Waals surface area contributed by atoms with E-state index in [1.165, 1.54) is 17.0 Å². The molecule has 2 N–H and O–H groups in total. The molecule has 0 amide bonds. The third kappa shape index (κ3) is 3.85. The highest BCUT2D eigenvalue weighted by atomic mass is 28.3. The smallest absolute Gasteiger partial charge is 0.129 e. The Balaban J connectivity index is 1.93. The van der Waals surface area contributed by atoms with Crippen molar-refractivity contribution < 1.29 is 0 Å². The fourth-order valence-electron chi connectivity index (χ4n) is 2.59. The van der Waals surface area contributed by atoms with Crippen LogP contribution in [-0.2, 0) is 0 Å². The summed E-state index contributed by atoms with van der Waals surface area (Å²) in [4.78, 5) is 6.68. The summed E-state index contributed by atoms with van der Waals surface area (Å²) >= 11 is 0. The van der Waals surface area contributed by atoms with Gasteiger partial charge in [-0.1, -0.05) is 37.7 Å². The molecule has 0 saturated heterocycles. The Morgan fingerprint density at radius 2 is 1.39 bits per heavy atom. The van der Waals surface area contributed by atoms with E-state index in [1.54, 1.807) is 0 Å². The van der Waals surface area contributed by atoms with E-state index in [1.807, 2.05) is 24.5 Å². The van der Waals surface area contributed by atoms with Crippen molar-refractivity contribution in [3.63, 3.8) is 0 Å². The monoisotopic (exact) mass is 318 g/mol. The number of nitrogens with one attached hydrogen (secondary N) is 2. The van der Waals surface area contributed by atoms with Gasteiger partial charge in [-0.25, -0.2) is 0 Å². The molecule has 3 aromatic rings. The lowest BCUT2D eigenvalue weighted by Crippen LogP contribution is -2.16. The second-order valence-corrected chi connectivity index (χ2v) is 11.6. The van der Waals surface area contributed by atoms with Gasteiger partial charge in [0.1, 0.15) is 8.07 Å². The van der Waals surface area contributed by atoms with Gasteiger partial charge in [0.25, 0.3) is 0 Å². The van der Waals surface area contributed by atoms with Crippen molar-refractivity contribution >= 4 is 8.07 Å². The van der Waals surface area contributed by atoms with E-state index < -0.39 is 8.07 Å². The van der Waals surface area contributed by atoms with Crippen LogP contribution in [-0.4, -0.2) is 18.0 Å². The average Bonchev–Trinajstić information content (AvgIpc) is 3.20. The number of H-pyrrole nitrogens is 2. The molecule has 0 radical (unpaired) electrons. The summed E-state index contributed by atoms with van der Waals surface area (Å²) in [6.45, 7) is 6.79. The molecule has 3 rings (SSSR count). The van der Waals surface area contributed by atoms with Crippen molar-refractivity contribution in [2.45, 2.75) is 25.6 Å². The number of hydrogen-bond acceptors (Lipinski definition) is 0. The van der Waals surface area contributed by atoms with E-state index in [2.05, 4.69) is 77.5 Å². The van der Waals surface area contributed by atoms with Gasteiger partial charge in [-0.05, 0) is 42.0 Å². The zero-order valence-corrected chi connectivity index (χ0v) is 14.9. The first-order valence-corrected chi connectivity index (χ1v) is 11.4. The molecular formula is C20H22N2Si. The van der Waals surface area contributed by atoms with Crippen molar-refractivity contribution in [2.24, 2.45) is 0 Å². The number of benzene rings is 1. The zero-order valence-electron chi connectivity index (χ0n) is 13.9. The van der Waals surface area contributed by atoms with Crippen LogP contribution >= 0.6 is 0 Å². The lowest BCUT2D eigenvalue weighted by Gasteiger charge is -2.15. The Kier molecular flexibility index (Phi) is 4.27. The van der Waals surface area contributed by atoms with Gasteiger partial charge in [0, 0.05) is 29.3 Å². The molecule has 23 heavy (non-hydrogen) atoms. The Morgan fingerprint density at radius 1 is 0.826 bits per heavy atom. The van der Waals surface area contributed by atoms with Crippen LogP contribution in [0.1, 0.15) is 28.4 Å². The lowest BCUT2D eigenvalue weighted by molar-refractivity contribution is 0.897. The van der Waals surface area contributed by atoms with Gasteiger partial charge in [-0.15, -0.1) is 5.54 Å². The van der Waals surface area contributed by atoms with Crippen LogP contribution in [0.25, 0.3) is 0 Å². The fourth-order valence-corrected chi connectivity index (χ4v) is 3.11. The largest absolute Gasteiger partial charge is 0.364 e. The van der Waals surface area contributed by atoms with Gasteiger partial charge in [0.2, 0.25) is 0 Å². The molecule has 3 heteroatoms. The summed E-state index contributed by atoms with van der Waals surface area (Å²) in [6.07, 6.45) is 3.94. The summed E-state index contributed by atoms with van der Waals surface area (Å²) in [6, 6.07) is 17.0. The summed E-state index contributed by atoms with van der Waals surface area (Å²) in [5, 5.41) is 0. The first kappa shape index (κ1) is 15.5. The van der Waals surface area contributed by atoms with Gasteiger partial charge in [0.15, 0.2) is 0 Å². The van der Waals surface area contributed by atoms with E-state index in [-0.39, 0.29) is 5.92 Å². The van der Waals surface area contributed by atoms with Gasteiger partial charge in [0.05, 0.1) is 5.92 Å². The van der Waals surface area contributed by atoms with E-state index in [0.29, 0.717) is 0 Å². The molecule has 0 fully saturated rings. The first-order chi connectivity index (χ1) is 11.0. The van der Waals surface area contributed by atoms with Gasteiger partial charge >= 0.3 is 0 Å². The molecule has 1 aromatic carbocycles. The normalized spacial score (nSPS) is 11.3. The van der Waals surface area contributed by atoms with Crippen LogP contribution in [0.5, 0.6) is 0 Å². The first-order valence-electron chi connectivity index (χ1n) is 7.93. The third-order valence-corrected chi connectivity index (χ3v) is 4.57. The number of hydrogen-bond donors (Lipinski definition) is 2. The summed E-state index contributed by atoms with van der Waals surface area (Å²) in [7, 11) is -1.33. The minimum Gasteiger partial charge on any atom is -0.364 e. The van der Waals surface area contributed by atoms with Gasteiger partial charge in [-0.3, -0.25) is 0 Å². The molecular weight excluding hydrogens is 296 g/mol. The SMILES string of the molecule is C[Si](C)(C)C#Cc1ccc(C(c2ccc[nH]2)c2ccc[nH]2)cc1. The highest BCUT2D eigenvalue weighted by Gasteiger charge is 2.18.